The normalized spacial score (nSPS) is 35.9. The predicted octanol–water partition coefficient (Wildman–Crippen LogP) is 3.06. The quantitative estimate of drug-likeness (QED) is 0.368. The molecule has 4 nitrogen and oxygen atoms in total. The third-order valence-electron chi connectivity index (χ3n) is 4.28. The van der Waals surface area contributed by atoms with Crippen LogP contribution >= 0.6 is 0 Å². The molecule has 0 aromatic rings. The Balaban J connectivity index is 2.31. The number of allylic oxidation sites excluding steroid dienone is 1. The molecule has 80 valence electrons. The smallest absolute Gasteiger partial charge is 0.245 e. The van der Waals surface area contributed by atoms with Gasteiger partial charge >= 0.3 is 0 Å². The van der Waals surface area contributed by atoms with Crippen LogP contribution in [0.25, 0.3) is 10.4 Å². The summed E-state index contributed by atoms with van der Waals surface area (Å²) in [5.74, 6) is 0.866. The second-order valence-corrected chi connectivity index (χ2v) is 5.18. The van der Waals surface area contributed by atoms with Gasteiger partial charge in [-0.2, -0.15) is 0 Å². The van der Waals surface area contributed by atoms with Crippen LogP contribution in [0.3, 0.4) is 0 Å². The SMILES string of the molecule is C[C@@H]1C(C(=O)N=[N+]=[N-])=C[C@@H]2C[C@H]1C2(C)C. The zero-order valence-electron chi connectivity index (χ0n) is 9.27. The lowest BCUT2D eigenvalue weighted by Crippen LogP contribution is -2.51. The van der Waals surface area contributed by atoms with Gasteiger partial charge in [0, 0.05) is 10.5 Å². The molecular weight excluding hydrogens is 190 g/mol. The van der Waals surface area contributed by atoms with E-state index in [1.165, 1.54) is 6.42 Å². The molecule has 1 saturated carbocycles. The topological polar surface area (TPSA) is 65.8 Å². The van der Waals surface area contributed by atoms with Crippen LogP contribution in [-0.2, 0) is 4.79 Å². The Bertz CT molecular complexity index is 391. The van der Waals surface area contributed by atoms with Crippen LogP contribution in [0.4, 0.5) is 0 Å². The van der Waals surface area contributed by atoms with Crippen molar-refractivity contribution in [1.29, 1.82) is 0 Å². The lowest BCUT2D eigenvalue weighted by molar-refractivity contribution is -0.117. The number of hydrogen-bond donors (Lipinski definition) is 0. The first-order valence-corrected chi connectivity index (χ1v) is 5.29. The Labute approximate surface area is 89.0 Å². The van der Waals surface area contributed by atoms with Crippen LogP contribution in [0, 0.1) is 23.2 Å². The van der Waals surface area contributed by atoms with Gasteiger partial charge in [-0.25, -0.2) is 0 Å². The van der Waals surface area contributed by atoms with Crippen LogP contribution in [0.1, 0.15) is 27.2 Å². The van der Waals surface area contributed by atoms with E-state index in [0.717, 1.165) is 0 Å². The van der Waals surface area contributed by atoms with E-state index in [1.807, 2.05) is 6.08 Å². The van der Waals surface area contributed by atoms with Crippen molar-refractivity contribution >= 4 is 5.91 Å². The molecule has 0 aromatic carbocycles. The van der Waals surface area contributed by atoms with E-state index in [1.54, 1.807) is 0 Å². The van der Waals surface area contributed by atoms with Gasteiger partial charge in [0.2, 0.25) is 5.91 Å². The van der Waals surface area contributed by atoms with Gasteiger partial charge in [-0.15, -0.1) is 0 Å². The first kappa shape index (κ1) is 10.2. The van der Waals surface area contributed by atoms with Crippen molar-refractivity contribution in [2.45, 2.75) is 27.2 Å². The number of rotatable bonds is 1. The van der Waals surface area contributed by atoms with Crippen LogP contribution in [0.5, 0.6) is 0 Å². The molecular formula is C11H15N3O. The molecule has 1 fully saturated rings. The summed E-state index contributed by atoms with van der Waals surface area (Å²) in [5.41, 5.74) is 9.26. The summed E-state index contributed by atoms with van der Waals surface area (Å²) in [4.78, 5) is 14.1. The van der Waals surface area contributed by atoms with Crippen molar-refractivity contribution in [1.82, 2.24) is 0 Å². The highest BCUT2D eigenvalue weighted by Crippen LogP contribution is 2.60. The van der Waals surface area contributed by atoms with Crippen molar-refractivity contribution < 1.29 is 4.79 Å². The Morgan fingerprint density at radius 1 is 1.67 bits per heavy atom. The fourth-order valence-electron chi connectivity index (χ4n) is 3.08. The van der Waals surface area contributed by atoms with Crippen molar-refractivity contribution in [3.05, 3.63) is 22.1 Å². The van der Waals surface area contributed by atoms with Gasteiger partial charge in [0.05, 0.1) is 0 Å². The molecule has 0 saturated heterocycles. The molecule has 3 aliphatic carbocycles. The van der Waals surface area contributed by atoms with E-state index >= 15 is 0 Å². The minimum atomic E-state index is -0.393. The minimum absolute atomic E-state index is 0.225. The minimum Gasteiger partial charge on any atom is -0.287 e. The average molecular weight is 205 g/mol. The number of hydrogen-bond acceptors (Lipinski definition) is 1. The van der Waals surface area contributed by atoms with E-state index in [-0.39, 0.29) is 5.92 Å². The molecule has 0 aliphatic heterocycles. The zero-order chi connectivity index (χ0) is 11.2. The molecule has 0 heterocycles. The number of carbonyl (C=O) groups excluding carboxylic acids is 1. The van der Waals surface area contributed by atoms with Gasteiger partial charge in [-0.1, -0.05) is 26.8 Å². The second-order valence-electron chi connectivity index (χ2n) is 5.18. The molecule has 3 atom stereocenters. The fourth-order valence-corrected chi connectivity index (χ4v) is 3.08. The van der Waals surface area contributed by atoms with Crippen molar-refractivity contribution in [3.63, 3.8) is 0 Å². The van der Waals surface area contributed by atoms with Gasteiger partial charge in [-0.05, 0) is 40.2 Å². The highest BCUT2D eigenvalue weighted by molar-refractivity contribution is 5.95. The zero-order valence-corrected chi connectivity index (χ0v) is 9.27. The Morgan fingerprint density at radius 3 is 2.80 bits per heavy atom. The molecule has 4 heteroatoms. The molecule has 3 aliphatic rings. The largest absolute Gasteiger partial charge is 0.287 e. The highest BCUT2D eigenvalue weighted by Gasteiger charge is 2.53. The van der Waals surface area contributed by atoms with E-state index in [2.05, 4.69) is 30.8 Å². The fraction of sp³-hybridized carbons (Fsp3) is 0.727. The summed E-state index contributed by atoms with van der Waals surface area (Å²) in [6.07, 6.45) is 3.18. The maximum absolute atomic E-state index is 11.5. The molecule has 3 rings (SSSR count). The molecule has 2 bridgehead atoms. The maximum atomic E-state index is 11.5. The lowest BCUT2D eigenvalue weighted by Gasteiger charge is -2.57. The number of amides is 1. The summed E-state index contributed by atoms with van der Waals surface area (Å²) >= 11 is 0. The van der Waals surface area contributed by atoms with Crippen LogP contribution < -0.4 is 0 Å². The van der Waals surface area contributed by atoms with Gasteiger partial charge in [0.15, 0.2) is 0 Å². The number of azide groups is 1. The molecule has 0 spiro atoms. The van der Waals surface area contributed by atoms with E-state index < -0.39 is 5.91 Å². The summed E-state index contributed by atoms with van der Waals surface area (Å²) in [6.45, 7) is 6.54. The number of fused-ring (bicyclic) bond motifs is 1. The highest BCUT2D eigenvalue weighted by atomic mass is 16.1. The van der Waals surface area contributed by atoms with Gasteiger partial charge in [0.25, 0.3) is 0 Å². The van der Waals surface area contributed by atoms with Crippen molar-refractivity contribution in [2.24, 2.45) is 28.3 Å². The van der Waals surface area contributed by atoms with Crippen LogP contribution in [0.2, 0.25) is 0 Å². The van der Waals surface area contributed by atoms with Crippen molar-refractivity contribution in [2.75, 3.05) is 0 Å². The predicted molar refractivity (Wildman–Crippen MR) is 56.8 cm³/mol. The second kappa shape index (κ2) is 3.11. The average Bonchev–Trinajstić information content (AvgIpc) is 2.17. The first-order valence-electron chi connectivity index (χ1n) is 5.29. The third kappa shape index (κ3) is 1.29. The lowest BCUT2D eigenvalue weighted by atomic mass is 9.47. The van der Waals surface area contributed by atoms with Crippen LogP contribution in [0.15, 0.2) is 16.8 Å². The van der Waals surface area contributed by atoms with Crippen molar-refractivity contribution in [3.8, 4) is 0 Å². The standard InChI is InChI=1S/C11H15N3O/c1-6-8(10(15)13-14-12)4-7-5-9(6)11(7,2)3/h4,6-7,9H,5H2,1-3H3/t6-,7-,9-/m1/s1. The van der Waals surface area contributed by atoms with E-state index in [4.69, 9.17) is 5.53 Å². The third-order valence-corrected chi connectivity index (χ3v) is 4.28. The molecule has 0 aromatic heterocycles. The summed E-state index contributed by atoms with van der Waals surface area (Å²) in [7, 11) is 0. The van der Waals surface area contributed by atoms with E-state index in [0.29, 0.717) is 22.8 Å². The number of carbonyl (C=O) groups is 1. The van der Waals surface area contributed by atoms with E-state index in [9.17, 15) is 4.79 Å². The molecule has 0 unspecified atom stereocenters. The van der Waals surface area contributed by atoms with Gasteiger partial charge < -0.3 is 0 Å². The molecule has 1 amide bonds. The first-order chi connectivity index (χ1) is 6.98. The van der Waals surface area contributed by atoms with Crippen LogP contribution in [-0.4, -0.2) is 5.91 Å². The maximum Gasteiger partial charge on any atom is 0.245 e. The summed E-state index contributed by atoms with van der Waals surface area (Å²) in [5, 5.41) is 3.17. The molecule has 0 N–H and O–H groups in total. The Morgan fingerprint density at radius 2 is 2.33 bits per heavy atom. The Kier molecular flexibility index (Phi) is 2.12. The summed E-state index contributed by atoms with van der Waals surface area (Å²) < 4.78 is 0. The van der Waals surface area contributed by atoms with Gasteiger partial charge in [0.1, 0.15) is 0 Å². The molecule has 15 heavy (non-hydrogen) atoms. The number of nitrogens with zero attached hydrogens (tertiary/aromatic N) is 3. The van der Waals surface area contributed by atoms with Gasteiger partial charge in [-0.3, -0.25) is 4.79 Å². The summed E-state index contributed by atoms with van der Waals surface area (Å²) in [6, 6.07) is 0. The molecule has 0 radical (unpaired) electrons. The monoisotopic (exact) mass is 205 g/mol. The Hall–Kier alpha value is -1.28.